The summed E-state index contributed by atoms with van der Waals surface area (Å²) in [7, 11) is 0. The van der Waals surface area contributed by atoms with Gasteiger partial charge in [-0.05, 0) is 0 Å². The van der Waals surface area contributed by atoms with E-state index in [4.69, 9.17) is 5.26 Å². The molecule has 1 rings (SSSR count). The zero-order chi connectivity index (χ0) is 5.11. The molecule has 0 aromatic rings. The Balaban J connectivity index is 2.57. The van der Waals surface area contributed by atoms with Crippen LogP contribution in [0.25, 0.3) is 0 Å². The summed E-state index contributed by atoms with van der Waals surface area (Å²) in [6.45, 7) is 0. The Bertz CT molecular complexity index is 133. The molecule has 0 saturated carbocycles. The SMILES string of the molecule is N#CC1=CSC[N]1. The number of thioether (sulfide) groups is 1. The molecule has 2 nitrogen and oxygen atoms in total. The van der Waals surface area contributed by atoms with E-state index in [0.717, 1.165) is 5.88 Å². The molecule has 0 fully saturated rings. The predicted octanol–water partition coefficient (Wildman–Crippen LogP) is 0.660. The zero-order valence-corrected chi connectivity index (χ0v) is 4.40. The van der Waals surface area contributed by atoms with E-state index in [1.807, 2.05) is 6.07 Å². The van der Waals surface area contributed by atoms with Crippen LogP contribution in [0, 0.1) is 11.3 Å². The maximum Gasteiger partial charge on any atom is 0.142 e. The molecule has 0 N–H and O–H groups in total. The maximum absolute atomic E-state index is 8.14. The summed E-state index contributed by atoms with van der Waals surface area (Å²) in [6.07, 6.45) is 0. The summed E-state index contributed by atoms with van der Waals surface area (Å²) in [5.74, 6) is 0.725. The number of allylic oxidation sites excluding steroid dienone is 1. The van der Waals surface area contributed by atoms with E-state index in [0.29, 0.717) is 5.70 Å². The highest BCUT2D eigenvalue weighted by Gasteiger charge is 2.01. The van der Waals surface area contributed by atoms with Crippen LogP contribution in [0.5, 0.6) is 0 Å². The van der Waals surface area contributed by atoms with Crippen LogP contribution in [0.2, 0.25) is 0 Å². The van der Waals surface area contributed by atoms with Gasteiger partial charge in [0.1, 0.15) is 11.8 Å². The summed E-state index contributed by atoms with van der Waals surface area (Å²) in [4.78, 5) is 0. The second kappa shape index (κ2) is 1.90. The van der Waals surface area contributed by atoms with Crippen LogP contribution in [0.15, 0.2) is 11.1 Å². The number of nitrogens with zero attached hydrogens (tertiary/aromatic N) is 2. The van der Waals surface area contributed by atoms with Crippen molar-refractivity contribution in [3.63, 3.8) is 0 Å². The Morgan fingerprint density at radius 1 is 2.00 bits per heavy atom. The molecule has 0 saturated heterocycles. The fourth-order valence-corrected chi connectivity index (χ4v) is 0.895. The van der Waals surface area contributed by atoms with E-state index in [1.54, 1.807) is 17.2 Å². The van der Waals surface area contributed by atoms with Gasteiger partial charge in [0.25, 0.3) is 0 Å². The van der Waals surface area contributed by atoms with E-state index < -0.39 is 0 Å². The molecule has 0 aliphatic carbocycles. The third kappa shape index (κ3) is 0.875. The van der Waals surface area contributed by atoms with E-state index in [9.17, 15) is 0 Å². The topological polar surface area (TPSA) is 37.9 Å². The average Bonchev–Trinajstić information content (AvgIpc) is 2.14. The highest BCUT2D eigenvalue weighted by Crippen LogP contribution is 2.11. The van der Waals surface area contributed by atoms with Crippen LogP contribution in [0.4, 0.5) is 0 Å². The highest BCUT2D eigenvalue weighted by molar-refractivity contribution is 8.02. The molecule has 0 spiro atoms. The van der Waals surface area contributed by atoms with Gasteiger partial charge in [0.15, 0.2) is 0 Å². The molecule has 3 heteroatoms. The van der Waals surface area contributed by atoms with Crippen LogP contribution in [-0.4, -0.2) is 5.88 Å². The zero-order valence-electron chi connectivity index (χ0n) is 3.59. The van der Waals surface area contributed by atoms with Crippen molar-refractivity contribution in [1.29, 1.82) is 5.26 Å². The molecule has 35 valence electrons. The van der Waals surface area contributed by atoms with E-state index >= 15 is 0 Å². The first-order valence-corrected chi connectivity index (χ1v) is 2.88. The summed E-state index contributed by atoms with van der Waals surface area (Å²) in [5, 5.41) is 13.7. The minimum atomic E-state index is 0.560. The first-order chi connectivity index (χ1) is 3.43. The van der Waals surface area contributed by atoms with E-state index in [2.05, 4.69) is 5.32 Å². The summed E-state index contributed by atoms with van der Waals surface area (Å²) < 4.78 is 0. The molecule has 1 heterocycles. The number of hydrogen-bond donors (Lipinski definition) is 0. The van der Waals surface area contributed by atoms with Gasteiger partial charge in [0.05, 0.1) is 5.88 Å². The minimum absolute atomic E-state index is 0.560. The second-order valence-corrected chi connectivity index (χ2v) is 1.90. The number of nitriles is 1. The van der Waals surface area contributed by atoms with Crippen molar-refractivity contribution < 1.29 is 0 Å². The van der Waals surface area contributed by atoms with Gasteiger partial charge < -0.3 is 0 Å². The van der Waals surface area contributed by atoms with Gasteiger partial charge in [-0.3, -0.25) is 5.32 Å². The van der Waals surface area contributed by atoms with Crippen molar-refractivity contribution in [1.82, 2.24) is 5.32 Å². The Labute approximate surface area is 46.2 Å². The Hall–Kier alpha value is -0.620. The van der Waals surface area contributed by atoms with E-state index in [1.165, 1.54) is 0 Å². The smallest absolute Gasteiger partial charge is 0.142 e. The van der Waals surface area contributed by atoms with Crippen molar-refractivity contribution in [3.05, 3.63) is 11.1 Å². The molecule has 0 atom stereocenters. The van der Waals surface area contributed by atoms with Crippen LogP contribution in [0.1, 0.15) is 0 Å². The molecule has 1 aliphatic rings. The third-order valence-corrected chi connectivity index (χ3v) is 1.29. The largest absolute Gasteiger partial charge is 0.263 e. The monoisotopic (exact) mass is 111 g/mol. The first-order valence-electron chi connectivity index (χ1n) is 1.83. The minimum Gasteiger partial charge on any atom is -0.263 e. The lowest BCUT2D eigenvalue weighted by Gasteiger charge is -1.79. The second-order valence-electron chi connectivity index (χ2n) is 1.07. The standard InChI is InChI=1S/C4H3N2S/c5-1-4-2-7-3-6-4/h2H,3H2. The van der Waals surface area contributed by atoms with Crippen molar-refractivity contribution in [3.8, 4) is 6.07 Å². The summed E-state index contributed by atoms with van der Waals surface area (Å²) in [5.41, 5.74) is 0.560. The van der Waals surface area contributed by atoms with Gasteiger partial charge in [-0.15, -0.1) is 11.8 Å². The highest BCUT2D eigenvalue weighted by atomic mass is 32.2. The molecule has 0 unspecified atom stereocenters. The van der Waals surface area contributed by atoms with Gasteiger partial charge in [-0.25, -0.2) is 0 Å². The molecule has 0 bridgehead atoms. The normalized spacial score (nSPS) is 17.3. The van der Waals surface area contributed by atoms with Crippen LogP contribution in [0.3, 0.4) is 0 Å². The van der Waals surface area contributed by atoms with Crippen LogP contribution < -0.4 is 5.32 Å². The molecule has 1 radical (unpaired) electrons. The van der Waals surface area contributed by atoms with Crippen molar-refractivity contribution in [2.24, 2.45) is 0 Å². The van der Waals surface area contributed by atoms with Crippen LogP contribution in [-0.2, 0) is 0 Å². The average molecular weight is 111 g/mol. The molecular weight excluding hydrogens is 108 g/mol. The summed E-state index contributed by atoms with van der Waals surface area (Å²) in [6, 6.07) is 1.94. The van der Waals surface area contributed by atoms with Crippen molar-refractivity contribution >= 4 is 11.8 Å². The van der Waals surface area contributed by atoms with Gasteiger partial charge >= 0.3 is 0 Å². The van der Waals surface area contributed by atoms with E-state index in [-0.39, 0.29) is 0 Å². The van der Waals surface area contributed by atoms with Crippen molar-refractivity contribution in [2.75, 3.05) is 5.88 Å². The lowest BCUT2D eigenvalue weighted by Crippen LogP contribution is -1.92. The van der Waals surface area contributed by atoms with Gasteiger partial charge in [0, 0.05) is 5.41 Å². The quantitative estimate of drug-likeness (QED) is 0.460. The molecular formula is C4H3N2S. The fourth-order valence-electron chi connectivity index (χ4n) is 0.322. The Morgan fingerprint density at radius 2 is 2.86 bits per heavy atom. The first kappa shape index (κ1) is 4.54. The molecule has 0 aromatic carbocycles. The molecule has 1 aliphatic heterocycles. The predicted molar refractivity (Wildman–Crippen MR) is 28.3 cm³/mol. The number of hydrogen-bond acceptors (Lipinski definition) is 2. The van der Waals surface area contributed by atoms with Crippen LogP contribution >= 0.6 is 11.8 Å². The van der Waals surface area contributed by atoms with Gasteiger partial charge in [-0.2, -0.15) is 5.26 Å². The van der Waals surface area contributed by atoms with Gasteiger partial charge in [0.2, 0.25) is 0 Å². The van der Waals surface area contributed by atoms with Gasteiger partial charge in [-0.1, -0.05) is 0 Å². The van der Waals surface area contributed by atoms with Crippen molar-refractivity contribution in [2.45, 2.75) is 0 Å². The number of rotatable bonds is 0. The fraction of sp³-hybridized carbons (Fsp3) is 0.250. The lowest BCUT2D eigenvalue weighted by molar-refractivity contribution is 1.00. The lowest BCUT2D eigenvalue weighted by atomic mass is 10.6. The molecule has 0 aromatic heterocycles. The Morgan fingerprint density at radius 3 is 3.14 bits per heavy atom. The molecule has 0 amide bonds. The molecule has 7 heavy (non-hydrogen) atoms. The summed E-state index contributed by atoms with van der Waals surface area (Å²) >= 11 is 1.56. The third-order valence-electron chi connectivity index (χ3n) is 0.619. The maximum atomic E-state index is 8.14. The Kier molecular flexibility index (Phi) is 1.23.